The van der Waals surface area contributed by atoms with Gasteiger partial charge in [0.1, 0.15) is 6.61 Å². The predicted molar refractivity (Wildman–Crippen MR) is 92.2 cm³/mol. The number of nitrogens with one attached hydrogen (secondary N) is 1. The first-order chi connectivity index (χ1) is 11.8. The van der Waals surface area contributed by atoms with Crippen LogP contribution in [0.5, 0.6) is 11.5 Å². The van der Waals surface area contributed by atoms with E-state index in [0.717, 1.165) is 48.9 Å². The van der Waals surface area contributed by atoms with E-state index >= 15 is 0 Å². The Morgan fingerprint density at radius 1 is 1.25 bits per heavy atom. The quantitative estimate of drug-likeness (QED) is 0.807. The number of pyridine rings is 1. The van der Waals surface area contributed by atoms with Crippen LogP contribution in [-0.2, 0) is 17.9 Å². The summed E-state index contributed by atoms with van der Waals surface area (Å²) in [7, 11) is 1.66. The molecule has 5 heteroatoms. The predicted octanol–water partition coefficient (Wildman–Crippen LogP) is 2.94. The van der Waals surface area contributed by atoms with Crippen LogP contribution in [0.2, 0.25) is 0 Å². The zero-order valence-corrected chi connectivity index (χ0v) is 14.0. The molecule has 0 saturated carbocycles. The van der Waals surface area contributed by atoms with Crippen LogP contribution >= 0.6 is 0 Å². The van der Waals surface area contributed by atoms with Crippen LogP contribution in [0, 0.1) is 0 Å². The van der Waals surface area contributed by atoms with E-state index in [-0.39, 0.29) is 0 Å². The van der Waals surface area contributed by atoms with Gasteiger partial charge in [-0.25, -0.2) is 0 Å². The van der Waals surface area contributed by atoms with Crippen molar-refractivity contribution in [2.45, 2.75) is 32.1 Å². The molecule has 1 aromatic heterocycles. The van der Waals surface area contributed by atoms with Gasteiger partial charge in [-0.2, -0.15) is 0 Å². The van der Waals surface area contributed by atoms with Crippen LogP contribution in [-0.4, -0.2) is 31.3 Å². The fourth-order valence-corrected chi connectivity index (χ4v) is 2.76. The number of ether oxygens (including phenoxy) is 3. The summed E-state index contributed by atoms with van der Waals surface area (Å²) in [6, 6.07) is 11.8. The molecule has 1 aliphatic heterocycles. The molecule has 1 N–H and O–H groups in total. The van der Waals surface area contributed by atoms with Gasteiger partial charge in [0.25, 0.3) is 0 Å². The van der Waals surface area contributed by atoms with E-state index in [1.165, 1.54) is 6.42 Å². The van der Waals surface area contributed by atoms with E-state index in [4.69, 9.17) is 14.2 Å². The van der Waals surface area contributed by atoms with Crippen molar-refractivity contribution in [1.29, 1.82) is 0 Å². The first-order valence-corrected chi connectivity index (χ1v) is 8.37. The Labute approximate surface area is 143 Å². The third-order valence-electron chi connectivity index (χ3n) is 4.05. The van der Waals surface area contributed by atoms with Crippen LogP contribution in [0.3, 0.4) is 0 Å². The van der Waals surface area contributed by atoms with Gasteiger partial charge in [-0.15, -0.1) is 0 Å². The van der Waals surface area contributed by atoms with E-state index in [2.05, 4.69) is 16.4 Å². The van der Waals surface area contributed by atoms with Crippen LogP contribution in [0.4, 0.5) is 0 Å². The number of nitrogens with zero attached hydrogens (tertiary/aromatic N) is 1. The van der Waals surface area contributed by atoms with Gasteiger partial charge in [-0.05, 0) is 42.7 Å². The normalized spacial score (nSPS) is 17.0. The highest BCUT2D eigenvalue weighted by atomic mass is 16.5. The third-order valence-corrected chi connectivity index (χ3v) is 4.05. The van der Waals surface area contributed by atoms with Gasteiger partial charge in [-0.3, -0.25) is 4.98 Å². The van der Waals surface area contributed by atoms with Gasteiger partial charge in [0.2, 0.25) is 0 Å². The third kappa shape index (κ3) is 4.69. The summed E-state index contributed by atoms with van der Waals surface area (Å²) >= 11 is 0. The van der Waals surface area contributed by atoms with Crippen LogP contribution in [0.25, 0.3) is 0 Å². The van der Waals surface area contributed by atoms with Crippen molar-refractivity contribution < 1.29 is 14.2 Å². The second-order valence-corrected chi connectivity index (χ2v) is 5.86. The van der Waals surface area contributed by atoms with Crippen molar-refractivity contribution in [3.63, 3.8) is 0 Å². The Morgan fingerprint density at radius 2 is 2.21 bits per heavy atom. The summed E-state index contributed by atoms with van der Waals surface area (Å²) in [5.41, 5.74) is 2.05. The first-order valence-electron chi connectivity index (χ1n) is 8.37. The van der Waals surface area contributed by atoms with E-state index < -0.39 is 0 Å². The van der Waals surface area contributed by atoms with Crippen LogP contribution in [0.1, 0.15) is 24.1 Å². The van der Waals surface area contributed by atoms with Crippen molar-refractivity contribution in [3.05, 3.63) is 53.9 Å². The molecule has 2 heterocycles. The van der Waals surface area contributed by atoms with E-state index in [1.54, 1.807) is 13.3 Å². The van der Waals surface area contributed by atoms with Crippen LogP contribution < -0.4 is 14.8 Å². The lowest BCUT2D eigenvalue weighted by atomic mass is 10.2. The Balaban J connectivity index is 1.53. The molecular formula is C19H24N2O3. The van der Waals surface area contributed by atoms with Gasteiger partial charge in [0, 0.05) is 25.9 Å². The van der Waals surface area contributed by atoms with E-state index in [1.807, 2.05) is 30.3 Å². The molecule has 0 radical (unpaired) electrons. The average Bonchev–Trinajstić information content (AvgIpc) is 3.15. The summed E-state index contributed by atoms with van der Waals surface area (Å²) in [6.45, 7) is 2.99. The molecule has 0 bridgehead atoms. The van der Waals surface area contributed by atoms with E-state index in [0.29, 0.717) is 12.7 Å². The van der Waals surface area contributed by atoms with Gasteiger partial charge < -0.3 is 19.5 Å². The smallest absolute Gasteiger partial charge is 0.161 e. The average molecular weight is 328 g/mol. The fourth-order valence-electron chi connectivity index (χ4n) is 2.76. The zero-order valence-electron chi connectivity index (χ0n) is 14.0. The molecule has 24 heavy (non-hydrogen) atoms. The lowest BCUT2D eigenvalue weighted by Crippen LogP contribution is -2.25. The summed E-state index contributed by atoms with van der Waals surface area (Å²) in [4.78, 5) is 4.26. The van der Waals surface area contributed by atoms with Crippen LogP contribution in [0.15, 0.2) is 42.6 Å². The van der Waals surface area contributed by atoms with Gasteiger partial charge >= 0.3 is 0 Å². The standard InChI is InChI=1S/C19H24N2O3/c1-22-19-11-15(12-20-13-17-6-4-10-23-17)7-8-18(19)24-14-16-5-2-3-9-21-16/h2-3,5,7-9,11,17,20H,4,6,10,12-14H2,1H3. The molecule has 0 aliphatic carbocycles. The molecule has 1 aromatic carbocycles. The molecule has 1 aliphatic rings. The molecule has 1 fully saturated rings. The fraction of sp³-hybridized carbons (Fsp3) is 0.421. The number of hydrogen-bond acceptors (Lipinski definition) is 5. The molecule has 5 nitrogen and oxygen atoms in total. The summed E-state index contributed by atoms with van der Waals surface area (Å²) in [5.74, 6) is 1.47. The minimum atomic E-state index is 0.355. The Morgan fingerprint density at radius 3 is 2.96 bits per heavy atom. The largest absolute Gasteiger partial charge is 0.493 e. The molecule has 1 unspecified atom stereocenters. The molecule has 0 amide bonds. The topological polar surface area (TPSA) is 52.6 Å². The summed E-state index contributed by atoms with van der Waals surface area (Å²) < 4.78 is 16.9. The highest BCUT2D eigenvalue weighted by molar-refractivity contribution is 5.43. The monoisotopic (exact) mass is 328 g/mol. The second-order valence-electron chi connectivity index (χ2n) is 5.86. The minimum absolute atomic E-state index is 0.355. The van der Waals surface area contributed by atoms with Gasteiger partial charge in [-0.1, -0.05) is 12.1 Å². The van der Waals surface area contributed by atoms with Gasteiger partial charge in [0.15, 0.2) is 11.5 Å². The van der Waals surface area contributed by atoms with Crippen molar-refractivity contribution in [3.8, 4) is 11.5 Å². The number of rotatable bonds is 8. The molecule has 3 rings (SSSR count). The highest BCUT2D eigenvalue weighted by Crippen LogP contribution is 2.28. The first kappa shape index (κ1) is 16.7. The van der Waals surface area contributed by atoms with E-state index in [9.17, 15) is 0 Å². The molecule has 1 atom stereocenters. The number of hydrogen-bond donors (Lipinski definition) is 1. The summed E-state index contributed by atoms with van der Waals surface area (Å²) in [5, 5.41) is 3.44. The molecular weight excluding hydrogens is 304 g/mol. The molecule has 2 aromatic rings. The second kappa shape index (κ2) is 8.66. The number of benzene rings is 1. The number of aromatic nitrogens is 1. The maximum Gasteiger partial charge on any atom is 0.161 e. The molecule has 0 spiro atoms. The van der Waals surface area contributed by atoms with Crippen molar-refractivity contribution in [2.75, 3.05) is 20.3 Å². The van der Waals surface area contributed by atoms with Crippen molar-refractivity contribution in [1.82, 2.24) is 10.3 Å². The lowest BCUT2D eigenvalue weighted by molar-refractivity contribution is 0.110. The Hall–Kier alpha value is -2.11. The maximum atomic E-state index is 5.83. The Kier molecular flexibility index (Phi) is 6.04. The Bertz CT molecular complexity index is 628. The SMILES string of the molecule is COc1cc(CNCC2CCCO2)ccc1OCc1ccccn1. The van der Waals surface area contributed by atoms with Crippen molar-refractivity contribution >= 4 is 0 Å². The van der Waals surface area contributed by atoms with Gasteiger partial charge in [0.05, 0.1) is 18.9 Å². The zero-order chi connectivity index (χ0) is 16.6. The molecule has 1 saturated heterocycles. The number of methoxy groups -OCH3 is 1. The molecule has 128 valence electrons. The van der Waals surface area contributed by atoms with Crippen molar-refractivity contribution in [2.24, 2.45) is 0 Å². The lowest BCUT2D eigenvalue weighted by Gasteiger charge is -2.14. The minimum Gasteiger partial charge on any atom is -0.493 e. The highest BCUT2D eigenvalue weighted by Gasteiger charge is 2.14. The maximum absolute atomic E-state index is 5.83. The summed E-state index contributed by atoms with van der Waals surface area (Å²) in [6.07, 6.45) is 4.44.